The monoisotopic (exact) mass is 423 g/mol. The summed E-state index contributed by atoms with van der Waals surface area (Å²) in [5.41, 5.74) is 1.81. The molecule has 3 aromatic rings. The van der Waals surface area contributed by atoms with Gasteiger partial charge >= 0.3 is 0 Å². The van der Waals surface area contributed by atoms with Crippen LogP contribution >= 0.6 is 0 Å². The van der Waals surface area contributed by atoms with E-state index in [1.54, 1.807) is 42.5 Å². The van der Waals surface area contributed by atoms with Gasteiger partial charge in [-0.15, -0.1) is 0 Å². The van der Waals surface area contributed by atoms with Crippen molar-refractivity contribution in [2.45, 2.75) is 0 Å². The fourth-order valence-electron chi connectivity index (χ4n) is 3.23. The van der Waals surface area contributed by atoms with Gasteiger partial charge < -0.3 is 18.9 Å². The molecule has 0 bridgehead atoms. The number of ether oxygens (including phenoxy) is 4. The summed E-state index contributed by atoms with van der Waals surface area (Å²) >= 11 is 0. The zero-order chi connectivity index (χ0) is 22.5. The van der Waals surface area contributed by atoms with Gasteiger partial charge in [-0.05, 0) is 35.4 Å². The molecule has 0 aliphatic rings. The highest BCUT2D eigenvalue weighted by molar-refractivity contribution is 6.12. The maximum Gasteiger partial charge on any atom is 0.270 e. The van der Waals surface area contributed by atoms with Crippen LogP contribution in [0.5, 0.6) is 23.0 Å². The summed E-state index contributed by atoms with van der Waals surface area (Å²) in [4.78, 5) is 24.0. The molecule has 0 spiro atoms. The Kier molecular flexibility index (Phi) is 6.40. The van der Waals surface area contributed by atoms with E-state index in [1.807, 2.05) is 0 Å². The van der Waals surface area contributed by atoms with Gasteiger partial charge in [-0.1, -0.05) is 18.2 Å². The van der Waals surface area contributed by atoms with Crippen LogP contribution in [0.3, 0.4) is 0 Å². The Balaban J connectivity index is 2.12. The maximum absolute atomic E-state index is 13.4. The lowest BCUT2D eigenvalue weighted by atomic mass is 9.96. The van der Waals surface area contributed by atoms with Gasteiger partial charge in [0.15, 0.2) is 17.3 Å². The van der Waals surface area contributed by atoms with E-state index >= 15 is 0 Å². The molecule has 0 aliphatic carbocycles. The van der Waals surface area contributed by atoms with E-state index in [0.717, 1.165) is 0 Å². The number of benzene rings is 3. The molecule has 0 amide bonds. The summed E-state index contributed by atoms with van der Waals surface area (Å²) in [5.74, 6) is 1.10. The average molecular weight is 423 g/mol. The summed E-state index contributed by atoms with van der Waals surface area (Å²) in [6.45, 7) is 0. The van der Waals surface area contributed by atoms with Crippen LogP contribution in [0, 0.1) is 10.1 Å². The third kappa shape index (κ3) is 4.28. The van der Waals surface area contributed by atoms with Crippen molar-refractivity contribution in [3.63, 3.8) is 0 Å². The van der Waals surface area contributed by atoms with Crippen molar-refractivity contribution in [1.29, 1.82) is 0 Å². The minimum Gasteiger partial charge on any atom is -0.496 e. The summed E-state index contributed by atoms with van der Waals surface area (Å²) < 4.78 is 21.4. The molecule has 8 heteroatoms. The van der Waals surface area contributed by atoms with Crippen molar-refractivity contribution < 1.29 is 28.7 Å². The molecule has 0 aromatic heterocycles. The highest BCUT2D eigenvalue weighted by Crippen LogP contribution is 2.39. The number of non-ortho nitro benzene ring substituents is 1. The number of nitrogens with zero attached hydrogens (tertiary/aromatic N) is 1. The third-order valence-electron chi connectivity index (χ3n) is 4.76. The van der Waals surface area contributed by atoms with Gasteiger partial charge in [0.2, 0.25) is 5.75 Å². The van der Waals surface area contributed by atoms with Crippen LogP contribution in [0.4, 0.5) is 5.69 Å². The topological polar surface area (TPSA) is 97.1 Å². The number of ketones is 1. The SMILES string of the molecule is COc1ccc(-c2cccc([N+](=O)[O-])c2)cc1C(=O)c1cc(OC)c(OC)c(OC)c1. The molecule has 0 atom stereocenters. The second kappa shape index (κ2) is 9.17. The lowest BCUT2D eigenvalue weighted by Gasteiger charge is -2.15. The highest BCUT2D eigenvalue weighted by atomic mass is 16.6. The van der Waals surface area contributed by atoms with Gasteiger partial charge in [-0.25, -0.2) is 0 Å². The first-order valence-corrected chi connectivity index (χ1v) is 9.21. The van der Waals surface area contributed by atoms with Gasteiger partial charge in [0, 0.05) is 17.7 Å². The summed E-state index contributed by atoms with van der Waals surface area (Å²) in [5, 5.41) is 11.1. The van der Waals surface area contributed by atoms with Crippen LogP contribution in [0.25, 0.3) is 11.1 Å². The molecule has 0 N–H and O–H groups in total. The first-order valence-electron chi connectivity index (χ1n) is 9.21. The molecule has 8 nitrogen and oxygen atoms in total. The third-order valence-corrected chi connectivity index (χ3v) is 4.76. The van der Waals surface area contributed by atoms with Crippen molar-refractivity contribution in [3.8, 4) is 34.1 Å². The predicted molar refractivity (Wildman–Crippen MR) is 115 cm³/mol. The molecule has 0 aliphatic heterocycles. The van der Waals surface area contributed by atoms with E-state index in [2.05, 4.69) is 0 Å². The number of nitro benzene ring substituents is 1. The van der Waals surface area contributed by atoms with E-state index < -0.39 is 4.92 Å². The summed E-state index contributed by atoms with van der Waals surface area (Å²) in [6.07, 6.45) is 0. The molecule has 0 saturated carbocycles. The normalized spacial score (nSPS) is 10.3. The number of hydrogen-bond acceptors (Lipinski definition) is 7. The molecular weight excluding hydrogens is 402 g/mol. The molecule has 31 heavy (non-hydrogen) atoms. The molecule has 3 aromatic carbocycles. The number of nitro groups is 1. The van der Waals surface area contributed by atoms with E-state index in [9.17, 15) is 14.9 Å². The van der Waals surface area contributed by atoms with Crippen LogP contribution in [-0.4, -0.2) is 39.1 Å². The number of carbonyl (C=O) groups excluding carboxylic acids is 1. The van der Waals surface area contributed by atoms with Gasteiger partial charge in [-0.3, -0.25) is 14.9 Å². The van der Waals surface area contributed by atoms with Crippen LogP contribution in [0.15, 0.2) is 54.6 Å². The Bertz CT molecular complexity index is 1120. The second-order valence-electron chi connectivity index (χ2n) is 6.47. The Morgan fingerprint density at radius 1 is 0.774 bits per heavy atom. The summed E-state index contributed by atoms with van der Waals surface area (Å²) in [7, 11) is 5.88. The van der Waals surface area contributed by atoms with Crippen molar-refractivity contribution in [3.05, 3.63) is 75.8 Å². The van der Waals surface area contributed by atoms with E-state index in [1.165, 1.54) is 40.6 Å². The minimum absolute atomic E-state index is 0.0363. The molecule has 3 rings (SSSR count). The van der Waals surface area contributed by atoms with Crippen LogP contribution in [0.2, 0.25) is 0 Å². The highest BCUT2D eigenvalue weighted by Gasteiger charge is 2.21. The first kappa shape index (κ1) is 21.6. The van der Waals surface area contributed by atoms with Crippen molar-refractivity contribution in [1.82, 2.24) is 0 Å². The van der Waals surface area contributed by atoms with Gasteiger partial charge in [0.05, 0.1) is 38.9 Å². The van der Waals surface area contributed by atoms with Crippen LogP contribution < -0.4 is 18.9 Å². The minimum atomic E-state index is -0.463. The average Bonchev–Trinajstić information content (AvgIpc) is 2.82. The number of methoxy groups -OCH3 is 4. The fourth-order valence-corrected chi connectivity index (χ4v) is 3.23. The molecule has 0 unspecified atom stereocenters. The van der Waals surface area contributed by atoms with Crippen molar-refractivity contribution >= 4 is 11.5 Å². The fraction of sp³-hybridized carbons (Fsp3) is 0.174. The molecule has 0 radical (unpaired) electrons. The van der Waals surface area contributed by atoms with Crippen LogP contribution in [-0.2, 0) is 0 Å². The van der Waals surface area contributed by atoms with Gasteiger partial charge in [0.1, 0.15) is 5.75 Å². The zero-order valence-corrected chi connectivity index (χ0v) is 17.5. The molecule has 160 valence electrons. The Labute approximate surface area is 179 Å². The van der Waals surface area contributed by atoms with E-state index in [0.29, 0.717) is 45.3 Å². The van der Waals surface area contributed by atoms with Crippen LogP contribution in [0.1, 0.15) is 15.9 Å². The molecule has 0 heterocycles. The lowest BCUT2D eigenvalue weighted by molar-refractivity contribution is -0.384. The maximum atomic E-state index is 13.4. The number of rotatable bonds is 8. The smallest absolute Gasteiger partial charge is 0.270 e. The lowest BCUT2D eigenvalue weighted by Crippen LogP contribution is -2.06. The standard InChI is InChI=1S/C23H21NO7/c1-28-19-9-8-15(14-6-5-7-17(10-14)24(26)27)11-18(19)22(25)16-12-20(29-2)23(31-4)21(13-16)30-3/h5-13H,1-4H3. The van der Waals surface area contributed by atoms with E-state index in [4.69, 9.17) is 18.9 Å². The van der Waals surface area contributed by atoms with Crippen molar-refractivity contribution in [2.24, 2.45) is 0 Å². The molecule has 0 fully saturated rings. The zero-order valence-electron chi connectivity index (χ0n) is 17.5. The van der Waals surface area contributed by atoms with Gasteiger partial charge in [0.25, 0.3) is 5.69 Å². The largest absolute Gasteiger partial charge is 0.496 e. The molecular formula is C23H21NO7. The van der Waals surface area contributed by atoms with Crippen molar-refractivity contribution in [2.75, 3.05) is 28.4 Å². The number of carbonyl (C=O) groups is 1. The summed E-state index contributed by atoms with van der Waals surface area (Å²) in [6, 6.07) is 14.4. The van der Waals surface area contributed by atoms with E-state index in [-0.39, 0.29) is 11.5 Å². The Morgan fingerprint density at radius 3 is 1.94 bits per heavy atom. The predicted octanol–water partition coefficient (Wildman–Crippen LogP) is 4.53. The first-order chi connectivity index (χ1) is 14.9. The number of hydrogen-bond donors (Lipinski definition) is 0. The molecule has 0 saturated heterocycles. The second-order valence-corrected chi connectivity index (χ2v) is 6.47. The Morgan fingerprint density at radius 2 is 1.39 bits per heavy atom. The Hall–Kier alpha value is -4.07. The van der Waals surface area contributed by atoms with Gasteiger partial charge in [-0.2, -0.15) is 0 Å². The quantitative estimate of drug-likeness (QED) is 0.298.